The third-order valence-corrected chi connectivity index (χ3v) is 3.09. The van der Waals surface area contributed by atoms with Gasteiger partial charge in [-0.1, -0.05) is 19.0 Å². The molecule has 0 bridgehead atoms. The van der Waals surface area contributed by atoms with Gasteiger partial charge in [0.05, 0.1) is 0 Å². The number of nitrogens with zero attached hydrogens (tertiary/aromatic N) is 4. The van der Waals surface area contributed by atoms with Crippen LogP contribution in [-0.4, -0.2) is 39.9 Å². The van der Waals surface area contributed by atoms with Gasteiger partial charge in [0.1, 0.15) is 12.6 Å². The van der Waals surface area contributed by atoms with Gasteiger partial charge < -0.3 is 9.84 Å². The molecule has 1 aromatic heterocycles. The van der Waals surface area contributed by atoms with E-state index in [0.29, 0.717) is 11.7 Å². The zero-order valence-electron chi connectivity index (χ0n) is 12.4. The van der Waals surface area contributed by atoms with E-state index in [1.165, 1.54) is 0 Å². The first kappa shape index (κ1) is 14.5. The van der Waals surface area contributed by atoms with Gasteiger partial charge in [0.15, 0.2) is 5.82 Å². The fourth-order valence-corrected chi connectivity index (χ4v) is 1.92. The molecule has 2 rings (SSSR count). The van der Waals surface area contributed by atoms with Crippen molar-refractivity contribution < 1.29 is 9.32 Å². The first-order valence-electron chi connectivity index (χ1n) is 6.87. The van der Waals surface area contributed by atoms with Crippen LogP contribution in [0.4, 0.5) is 0 Å². The molecule has 1 aromatic rings. The summed E-state index contributed by atoms with van der Waals surface area (Å²) in [6.07, 6.45) is 0.921. The minimum absolute atomic E-state index is 0.0970. The highest BCUT2D eigenvalue weighted by Crippen LogP contribution is 2.14. The zero-order valence-corrected chi connectivity index (χ0v) is 12.4. The van der Waals surface area contributed by atoms with Crippen LogP contribution in [0.3, 0.4) is 0 Å². The summed E-state index contributed by atoms with van der Waals surface area (Å²) in [7, 11) is 0. The molecule has 0 fully saturated rings. The second kappa shape index (κ2) is 6.02. The molecule has 0 radical (unpaired) electrons. The molecule has 0 saturated heterocycles. The quantitative estimate of drug-likeness (QED) is 0.882. The lowest BCUT2D eigenvalue weighted by Crippen LogP contribution is -2.35. The first-order valence-corrected chi connectivity index (χ1v) is 6.87. The molecule has 0 aliphatic carbocycles. The number of hydrogen-bond acceptors (Lipinski definition) is 6. The summed E-state index contributed by atoms with van der Waals surface area (Å²) in [5.74, 6) is 1.20. The fourth-order valence-electron chi connectivity index (χ4n) is 1.92. The van der Waals surface area contributed by atoms with Crippen molar-refractivity contribution in [2.45, 2.75) is 46.1 Å². The molecule has 7 heteroatoms. The van der Waals surface area contributed by atoms with Crippen LogP contribution in [0.15, 0.2) is 9.62 Å². The van der Waals surface area contributed by atoms with E-state index in [1.807, 2.05) is 27.7 Å². The van der Waals surface area contributed by atoms with Crippen molar-refractivity contribution in [3.63, 3.8) is 0 Å². The number of rotatable bonds is 5. The standard InChI is InChI=1S/C13H21N5O2/c1-8(2)12-15-13(20-17-12)10(4)14-11(19)7-18-6-5-9(3)16-18/h8,10H,5-7H2,1-4H3,(H,14,19)/t10-/m0/s1. The SMILES string of the molecule is CC1=NN(CC(=O)N[C@@H](C)c2nc(C(C)C)no2)CC1. The molecule has 2 heterocycles. The summed E-state index contributed by atoms with van der Waals surface area (Å²) in [5.41, 5.74) is 1.06. The van der Waals surface area contributed by atoms with Crippen LogP contribution in [0, 0.1) is 0 Å². The minimum Gasteiger partial charge on any atom is -0.343 e. The summed E-state index contributed by atoms with van der Waals surface area (Å²) in [6, 6.07) is -0.296. The molecule has 1 atom stereocenters. The lowest BCUT2D eigenvalue weighted by molar-refractivity contribution is -0.122. The molecular formula is C13H21N5O2. The van der Waals surface area contributed by atoms with E-state index < -0.39 is 0 Å². The molecule has 1 aliphatic heterocycles. The van der Waals surface area contributed by atoms with Crippen molar-refractivity contribution in [3.05, 3.63) is 11.7 Å². The predicted molar refractivity (Wildman–Crippen MR) is 74.2 cm³/mol. The van der Waals surface area contributed by atoms with Crippen molar-refractivity contribution in [3.8, 4) is 0 Å². The molecule has 0 aromatic carbocycles. The Hall–Kier alpha value is -1.92. The van der Waals surface area contributed by atoms with E-state index in [1.54, 1.807) is 5.01 Å². The van der Waals surface area contributed by atoms with Crippen molar-refractivity contribution in [2.75, 3.05) is 13.1 Å². The highest BCUT2D eigenvalue weighted by molar-refractivity contribution is 5.84. The van der Waals surface area contributed by atoms with E-state index in [0.717, 1.165) is 18.7 Å². The van der Waals surface area contributed by atoms with Crippen molar-refractivity contribution >= 4 is 11.6 Å². The molecule has 0 saturated carbocycles. The maximum atomic E-state index is 11.9. The number of carbonyl (C=O) groups is 1. The van der Waals surface area contributed by atoms with E-state index >= 15 is 0 Å². The molecule has 110 valence electrons. The van der Waals surface area contributed by atoms with Crippen molar-refractivity contribution in [1.82, 2.24) is 20.5 Å². The van der Waals surface area contributed by atoms with Gasteiger partial charge in [-0.15, -0.1) is 0 Å². The van der Waals surface area contributed by atoms with Gasteiger partial charge in [-0.25, -0.2) is 0 Å². The molecule has 0 unspecified atom stereocenters. The van der Waals surface area contributed by atoms with Gasteiger partial charge in [-0.2, -0.15) is 10.1 Å². The van der Waals surface area contributed by atoms with Crippen LogP contribution >= 0.6 is 0 Å². The highest BCUT2D eigenvalue weighted by atomic mass is 16.5. The normalized spacial score (nSPS) is 16.4. The Morgan fingerprint density at radius 1 is 1.45 bits per heavy atom. The van der Waals surface area contributed by atoms with Crippen LogP contribution in [0.25, 0.3) is 0 Å². The molecule has 20 heavy (non-hydrogen) atoms. The Morgan fingerprint density at radius 3 is 2.75 bits per heavy atom. The summed E-state index contributed by atoms with van der Waals surface area (Å²) in [4.78, 5) is 16.2. The van der Waals surface area contributed by atoms with Crippen LogP contribution in [0.5, 0.6) is 0 Å². The number of carbonyl (C=O) groups excluding carboxylic acids is 1. The molecule has 7 nitrogen and oxygen atoms in total. The van der Waals surface area contributed by atoms with Gasteiger partial charge in [0.2, 0.25) is 11.8 Å². The van der Waals surface area contributed by atoms with Gasteiger partial charge in [-0.3, -0.25) is 9.80 Å². The number of hydrazone groups is 1. The molecule has 1 N–H and O–H groups in total. The highest BCUT2D eigenvalue weighted by Gasteiger charge is 2.20. The van der Waals surface area contributed by atoms with Crippen molar-refractivity contribution in [2.24, 2.45) is 5.10 Å². The van der Waals surface area contributed by atoms with Gasteiger partial charge in [0.25, 0.3) is 0 Å². The van der Waals surface area contributed by atoms with Gasteiger partial charge in [0, 0.05) is 24.6 Å². The van der Waals surface area contributed by atoms with Crippen LogP contribution < -0.4 is 5.32 Å². The number of hydrogen-bond donors (Lipinski definition) is 1. The number of nitrogens with one attached hydrogen (secondary N) is 1. The Morgan fingerprint density at radius 2 is 2.20 bits per heavy atom. The fraction of sp³-hybridized carbons (Fsp3) is 0.692. The third-order valence-electron chi connectivity index (χ3n) is 3.09. The predicted octanol–water partition coefficient (Wildman–Crippen LogP) is 1.45. The van der Waals surface area contributed by atoms with Crippen LogP contribution in [0.1, 0.15) is 57.8 Å². The smallest absolute Gasteiger partial charge is 0.248 e. The molecular weight excluding hydrogens is 258 g/mol. The summed E-state index contributed by atoms with van der Waals surface area (Å²) in [5, 5.41) is 12.8. The topological polar surface area (TPSA) is 83.6 Å². The lowest BCUT2D eigenvalue weighted by atomic mass is 10.2. The Kier molecular flexibility index (Phi) is 4.36. The van der Waals surface area contributed by atoms with Crippen molar-refractivity contribution in [1.29, 1.82) is 0 Å². The van der Waals surface area contributed by atoms with Gasteiger partial charge in [-0.05, 0) is 13.8 Å². The van der Waals surface area contributed by atoms with Crippen LogP contribution in [-0.2, 0) is 4.79 Å². The van der Waals surface area contributed by atoms with Gasteiger partial charge >= 0.3 is 0 Å². The minimum atomic E-state index is -0.296. The summed E-state index contributed by atoms with van der Waals surface area (Å²) >= 11 is 0. The maximum Gasteiger partial charge on any atom is 0.248 e. The molecule has 0 spiro atoms. The Balaban J connectivity index is 1.87. The molecule has 1 aliphatic rings. The van der Waals surface area contributed by atoms with E-state index in [9.17, 15) is 4.79 Å². The monoisotopic (exact) mass is 279 g/mol. The second-order valence-electron chi connectivity index (χ2n) is 5.41. The number of aromatic nitrogens is 2. The Labute approximate surface area is 118 Å². The first-order chi connectivity index (χ1) is 9.45. The lowest BCUT2D eigenvalue weighted by Gasteiger charge is -2.15. The van der Waals surface area contributed by atoms with Crippen LogP contribution in [0.2, 0.25) is 0 Å². The van der Waals surface area contributed by atoms with E-state index in [-0.39, 0.29) is 24.4 Å². The number of amides is 1. The molecule has 1 amide bonds. The summed E-state index contributed by atoms with van der Waals surface area (Å²) in [6.45, 7) is 8.83. The second-order valence-corrected chi connectivity index (χ2v) is 5.41. The largest absolute Gasteiger partial charge is 0.343 e. The zero-order chi connectivity index (χ0) is 14.7. The van der Waals surface area contributed by atoms with E-state index in [2.05, 4.69) is 20.6 Å². The average molecular weight is 279 g/mol. The summed E-state index contributed by atoms with van der Waals surface area (Å²) < 4.78 is 5.16. The van der Waals surface area contributed by atoms with E-state index in [4.69, 9.17) is 4.52 Å². The average Bonchev–Trinajstić information content (AvgIpc) is 2.98. The maximum absolute atomic E-state index is 11.9. The third kappa shape index (κ3) is 3.55. The Bertz CT molecular complexity index is 509.